The van der Waals surface area contributed by atoms with Gasteiger partial charge in [0.15, 0.2) is 11.0 Å². The van der Waals surface area contributed by atoms with Crippen molar-refractivity contribution < 1.29 is 9.53 Å². The van der Waals surface area contributed by atoms with E-state index in [0.29, 0.717) is 11.8 Å². The third kappa shape index (κ3) is 3.98. The lowest BCUT2D eigenvalue weighted by molar-refractivity contribution is -0.131. The van der Waals surface area contributed by atoms with Gasteiger partial charge in [0.1, 0.15) is 5.75 Å². The Morgan fingerprint density at radius 3 is 2.72 bits per heavy atom. The van der Waals surface area contributed by atoms with E-state index in [1.165, 1.54) is 18.2 Å². The lowest BCUT2D eigenvalue weighted by atomic mass is 10.0. The second-order valence-corrected chi connectivity index (χ2v) is 7.26. The molecule has 0 bridgehead atoms. The molecule has 2 aromatic rings. The number of rotatable bonds is 5. The third-order valence-corrected chi connectivity index (χ3v) is 5.64. The molecule has 0 spiro atoms. The van der Waals surface area contributed by atoms with Gasteiger partial charge in [-0.05, 0) is 50.5 Å². The first-order chi connectivity index (χ1) is 12.1. The average Bonchev–Trinajstić information content (AvgIpc) is 3.01. The summed E-state index contributed by atoms with van der Waals surface area (Å²) in [5.41, 5.74) is 0.971. The van der Waals surface area contributed by atoms with E-state index >= 15 is 0 Å². The fourth-order valence-electron chi connectivity index (χ4n) is 3.11. The molecule has 1 fully saturated rings. The molecular weight excluding hydrogens is 336 g/mol. The monoisotopic (exact) mass is 360 g/mol. The van der Waals surface area contributed by atoms with Gasteiger partial charge in [-0.2, -0.15) is 0 Å². The molecule has 0 radical (unpaired) electrons. The first-order valence-electron chi connectivity index (χ1n) is 8.56. The number of hydrogen-bond acceptors (Lipinski definition) is 5. The Kier molecular flexibility index (Phi) is 5.63. The molecule has 0 saturated carbocycles. The van der Waals surface area contributed by atoms with Gasteiger partial charge in [-0.25, -0.2) is 0 Å². The number of nitrogens with zero attached hydrogens (tertiary/aromatic N) is 4. The molecule has 0 N–H and O–H groups in total. The van der Waals surface area contributed by atoms with E-state index in [1.807, 2.05) is 40.8 Å². The second-order valence-electron chi connectivity index (χ2n) is 6.31. The van der Waals surface area contributed by atoms with Crippen molar-refractivity contribution in [3.05, 3.63) is 24.3 Å². The zero-order valence-corrected chi connectivity index (χ0v) is 15.8. The Balaban J connectivity index is 1.65. The maximum absolute atomic E-state index is 12.5. The highest BCUT2D eigenvalue weighted by Crippen LogP contribution is 2.25. The Labute approximate surface area is 152 Å². The summed E-state index contributed by atoms with van der Waals surface area (Å²) >= 11 is 1.45. The number of methoxy groups -OCH3 is 1. The molecule has 1 amide bonds. The largest absolute Gasteiger partial charge is 0.497 e. The standard InChI is InChI=1S/C18H24N4O2S/c1-13-6-4-5-11-22(13)16(23)12-25-18-20-19-17(21(18)2)14-7-9-15(24-3)10-8-14/h7-10,13H,4-6,11-12H2,1-3H3/t13-/m0/s1. The molecule has 1 saturated heterocycles. The van der Waals surface area contributed by atoms with Crippen molar-refractivity contribution in [3.63, 3.8) is 0 Å². The number of benzene rings is 1. The van der Waals surface area contributed by atoms with Crippen molar-refractivity contribution in [2.24, 2.45) is 7.05 Å². The van der Waals surface area contributed by atoms with Crippen LogP contribution in [0.3, 0.4) is 0 Å². The molecule has 1 aromatic carbocycles. The second kappa shape index (κ2) is 7.91. The van der Waals surface area contributed by atoms with E-state index in [-0.39, 0.29) is 5.91 Å². The number of carbonyl (C=O) groups excluding carboxylic acids is 1. The number of likely N-dealkylation sites (tertiary alicyclic amines) is 1. The summed E-state index contributed by atoms with van der Waals surface area (Å²) in [6.07, 6.45) is 3.42. The van der Waals surface area contributed by atoms with Crippen LogP contribution >= 0.6 is 11.8 Å². The predicted molar refractivity (Wildman–Crippen MR) is 98.7 cm³/mol. The van der Waals surface area contributed by atoms with Gasteiger partial charge in [0, 0.05) is 25.2 Å². The first-order valence-corrected chi connectivity index (χ1v) is 9.55. The molecule has 25 heavy (non-hydrogen) atoms. The number of thioether (sulfide) groups is 1. The Hall–Kier alpha value is -2.02. The van der Waals surface area contributed by atoms with E-state index in [9.17, 15) is 4.79 Å². The van der Waals surface area contributed by atoms with E-state index in [0.717, 1.165) is 41.7 Å². The summed E-state index contributed by atoms with van der Waals surface area (Å²) in [6.45, 7) is 3.00. The van der Waals surface area contributed by atoms with Gasteiger partial charge < -0.3 is 14.2 Å². The molecule has 0 aliphatic carbocycles. The highest BCUT2D eigenvalue weighted by molar-refractivity contribution is 7.99. The summed E-state index contributed by atoms with van der Waals surface area (Å²) in [5.74, 6) is 2.18. The van der Waals surface area contributed by atoms with Crippen LogP contribution in [0.4, 0.5) is 0 Å². The molecule has 1 aromatic heterocycles. The van der Waals surface area contributed by atoms with Crippen LogP contribution in [0.2, 0.25) is 0 Å². The number of ether oxygens (including phenoxy) is 1. The van der Waals surface area contributed by atoms with Crippen LogP contribution in [0.15, 0.2) is 29.4 Å². The highest BCUT2D eigenvalue weighted by Gasteiger charge is 2.23. The molecule has 2 heterocycles. The van der Waals surface area contributed by atoms with Crippen molar-refractivity contribution in [2.45, 2.75) is 37.4 Å². The average molecular weight is 360 g/mol. The number of hydrogen-bond donors (Lipinski definition) is 0. The molecule has 0 unspecified atom stereocenters. The lowest BCUT2D eigenvalue weighted by Crippen LogP contribution is -2.42. The Morgan fingerprint density at radius 2 is 2.04 bits per heavy atom. The zero-order chi connectivity index (χ0) is 17.8. The minimum atomic E-state index is 0.186. The van der Waals surface area contributed by atoms with E-state index in [2.05, 4.69) is 17.1 Å². The lowest BCUT2D eigenvalue weighted by Gasteiger charge is -2.33. The van der Waals surface area contributed by atoms with Gasteiger partial charge in [0.2, 0.25) is 5.91 Å². The summed E-state index contributed by atoms with van der Waals surface area (Å²) in [6, 6.07) is 8.06. The minimum Gasteiger partial charge on any atom is -0.497 e. The number of piperidine rings is 1. The molecule has 7 heteroatoms. The van der Waals surface area contributed by atoms with Gasteiger partial charge >= 0.3 is 0 Å². The maximum atomic E-state index is 12.5. The predicted octanol–water partition coefficient (Wildman–Crippen LogP) is 2.98. The molecule has 1 aliphatic heterocycles. The topological polar surface area (TPSA) is 60.3 Å². The van der Waals surface area contributed by atoms with Crippen molar-refractivity contribution in [2.75, 3.05) is 19.4 Å². The van der Waals surface area contributed by atoms with Crippen LogP contribution in [0, 0.1) is 0 Å². The molecule has 1 aliphatic rings. The van der Waals surface area contributed by atoms with Crippen LogP contribution < -0.4 is 4.74 Å². The van der Waals surface area contributed by atoms with E-state index < -0.39 is 0 Å². The maximum Gasteiger partial charge on any atom is 0.233 e. The molecular formula is C18H24N4O2S. The van der Waals surface area contributed by atoms with Crippen molar-refractivity contribution in [1.82, 2.24) is 19.7 Å². The van der Waals surface area contributed by atoms with Crippen molar-refractivity contribution >= 4 is 17.7 Å². The van der Waals surface area contributed by atoms with E-state index in [1.54, 1.807) is 7.11 Å². The van der Waals surface area contributed by atoms with Crippen molar-refractivity contribution in [3.8, 4) is 17.1 Å². The van der Waals surface area contributed by atoms with Crippen LogP contribution in [0.1, 0.15) is 26.2 Å². The van der Waals surface area contributed by atoms with Crippen molar-refractivity contribution in [1.29, 1.82) is 0 Å². The molecule has 134 valence electrons. The van der Waals surface area contributed by atoms with Gasteiger partial charge in [-0.15, -0.1) is 10.2 Å². The summed E-state index contributed by atoms with van der Waals surface area (Å²) in [4.78, 5) is 14.5. The Bertz CT molecular complexity index is 729. The normalized spacial score (nSPS) is 17.6. The number of amides is 1. The smallest absolute Gasteiger partial charge is 0.233 e. The van der Waals surface area contributed by atoms with Crippen LogP contribution in [-0.2, 0) is 11.8 Å². The van der Waals surface area contributed by atoms with Crippen LogP contribution in [-0.4, -0.2) is 51.0 Å². The minimum absolute atomic E-state index is 0.186. The quantitative estimate of drug-likeness (QED) is 0.767. The van der Waals surface area contributed by atoms with E-state index in [4.69, 9.17) is 4.74 Å². The fourth-order valence-corrected chi connectivity index (χ4v) is 3.91. The SMILES string of the molecule is COc1ccc(-c2nnc(SCC(=O)N3CCCC[C@@H]3C)n2C)cc1. The molecule has 3 rings (SSSR count). The van der Waals surface area contributed by atoms with Gasteiger partial charge in [-0.3, -0.25) is 4.79 Å². The first kappa shape index (κ1) is 17.8. The highest BCUT2D eigenvalue weighted by atomic mass is 32.2. The van der Waals surface area contributed by atoms with Gasteiger partial charge in [0.25, 0.3) is 0 Å². The van der Waals surface area contributed by atoms with Gasteiger partial charge in [-0.1, -0.05) is 11.8 Å². The zero-order valence-electron chi connectivity index (χ0n) is 14.9. The number of aromatic nitrogens is 3. The van der Waals surface area contributed by atoms with Crippen LogP contribution in [0.5, 0.6) is 5.75 Å². The Morgan fingerprint density at radius 1 is 1.28 bits per heavy atom. The molecule has 1 atom stereocenters. The van der Waals surface area contributed by atoms with Gasteiger partial charge in [0.05, 0.1) is 12.9 Å². The molecule has 6 nitrogen and oxygen atoms in total. The summed E-state index contributed by atoms with van der Waals surface area (Å²) in [7, 11) is 3.57. The van der Waals surface area contributed by atoms with Crippen LogP contribution in [0.25, 0.3) is 11.4 Å². The summed E-state index contributed by atoms with van der Waals surface area (Å²) in [5, 5.41) is 9.27. The summed E-state index contributed by atoms with van der Waals surface area (Å²) < 4.78 is 7.11. The number of carbonyl (C=O) groups is 1. The third-order valence-electron chi connectivity index (χ3n) is 4.63. The fraction of sp³-hybridized carbons (Fsp3) is 0.500.